The Morgan fingerprint density at radius 3 is 2.80 bits per heavy atom. The largest absolute Gasteiger partial charge is 0.346 e. The second-order valence-electron chi connectivity index (χ2n) is 3.26. The molecule has 1 N–H and O–H groups in total. The van der Waals surface area contributed by atoms with Gasteiger partial charge in [-0.3, -0.25) is 0 Å². The number of H-pyrrole nitrogens is 1. The molecular weight excluding hydrogens is 211 g/mol. The monoisotopic (exact) mass is 220 g/mol. The third-order valence-electron chi connectivity index (χ3n) is 2.16. The van der Waals surface area contributed by atoms with Crippen LogP contribution in [-0.4, -0.2) is 9.97 Å². The highest BCUT2D eigenvalue weighted by atomic mass is 32.1. The average Bonchev–Trinajstić information content (AvgIpc) is 2.17. The average molecular weight is 220 g/mol. The number of nitrogens with one attached hydrogen (secondary N) is 1. The molecular formula is C11H9FN2S. The van der Waals surface area contributed by atoms with Gasteiger partial charge in [-0.05, 0) is 36.8 Å². The molecule has 0 amide bonds. The van der Waals surface area contributed by atoms with Gasteiger partial charge in [0, 0.05) is 11.3 Å². The van der Waals surface area contributed by atoms with E-state index in [1.165, 1.54) is 12.1 Å². The second-order valence-corrected chi connectivity index (χ2v) is 3.68. The van der Waals surface area contributed by atoms with E-state index >= 15 is 0 Å². The van der Waals surface area contributed by atoms with Gasteiger partial charge < -0.3 is 4.98 Å². The Balaban J connectivity index is 2.59. The number of halogens is 1. The molecule has 76 valence electrons. The van der Waals surface area contributed by atoms with Crippen LogP contribution in [0.3, 0.4) is 0 Å². The number of aromatic nitrogens is 2. The molecule has 0 radical (unpaired) electrons. The minimum Gasteiger partial charge on any atom is -0.346 e. The lowest BCUT2D eigenvalue weighted by atomic mass is 10.1. The lowest BCUT2D eigenvalue weighted by Crippen LogP contribution is -1.89. The summed E-state index contributed by atoms with van der Waals surface area (Å²) >= 11 is 4.96. The first-order chi connectivity index (χ1) is 7.16. The van der Waals surface area contributed by atoms with Crippen molar-refractivity contribution in [3.63, 3.8) is 0 Å². The first-order valence-corrected chi connectivity index (χ1v) is 4.89. The van der Waals surface area contributed by atoms with Gasteiger partial charge >= 0.3 is 0 Å². The molecule has 1 aromatic carbocycles. The zero-order valence-corrected chi connectivity index (χ0v) is 8.94. The van der Waals surface area contributed by atoms with Crippen molar-refractivity contribution >= 4 is 12.2 Å². The molecule has 0 atom stereocenters. The summed E-state index contributed by atoms with van der Waals surface area (Å²) in [5, 5.41) is 0. The van der Waals surface area contributed by atoms with Crippen molar-refractivity contribution in [2.45, 2.75) is 6.92 Å². The van der Waals surface area contributed by atoms with E-state index in [1.54, 1.807) is 18.5 Å². The standard InChI is InChI=1S/C11H9FN2S/c1-7-4-8(12)2-3-9(7)10-5-11(15)14-6-13-10/h2-6H,1H3,(H,13,14,15). The maximum absolute atomic E-state index is 12.9. The quantitative estimate of drug-likeness (QED) is 0.747. The second kappa shape index (κ2) is 3.90. The molecule has 1 aromatic heterocycles. The van der Waals surface area contributed by atoms with Crippen LogP contribution >= 0.6 is 12.2 Å². The molecule has 0 aliphatic rings. The molecule has 1 heterocycles. The van der Waals surface area contributed by atoms with E-state index < -0.39 is 0 Å². The van der Waals surface area contributed by atoms with Crippen molar-refractivity contribution in [3.05, 3.63) is 46.6 Å². The molecule has 0 aliphatic heterocycles. The summed E-state index contributed by atoms with van der Waals surface area (Å²) in [6.07, 6.45) is 1.54. The van der Waals surface area contributed by atoms with E-state index in [-0.39, 0.29) is 5.82 Å². The summed E-state index contributed by atoms with van der Waals surface area (Å²) in [7, 11) is 0. The minimum absolute atomic E-state index is 0.232. The van der Waals surface area contributed by atoms with Gasteiger partial charge in [0.2, 0.25) is 0 Å². The van der Waals surface area contributed by atoms with Gasteiger partial charge in [-0.2, -0.15) is 0 Å². The minimum atomic E-state index is -0.232. The Bertz CT molecular complexity index is 548. The Morgan fingerprint density at radius 1 is 1.33 bits per heavy atom. The third kappa shape index (κ3) is 2.10. The van der Waals surface area contributed by atoms with Crippen molar-refractivity contribution in [1.82, 2.24) is 9.97 Å². The Labute approximate surface area is 91.8 Å². The summed E-state index contributed by atoms with van der Waals surface area (Å²) in [5.74, 6) is -0.232. The summed E-state index contributed by atoms with van der Waals surface area (Å²) in [5.41, 5.74) is 2.66. The number of aromatic amines is 1. The topological polar surface area (TPSA) is 28.7 Å². The summed E-state index contributed by atoms with van der Waals surface area (Å²) in [6.45, 7) is 1.86. The van der Waals surface area contributed by atoms with Crippen LogP contribution in [-0.2, 0) is 0 Å². The zero-order chi connectivity index (χ0) is 10.8. The van der Waals surface area contributed by atoms with Crippen LogP contribution in [0.5, 0.6) is 0 Å². The van der Waals surface area contributed by atoms with Gasteiger partial charge in [-0.25, -0.2) is 9.37 Å². The van der Waals surface area contributed by atoms with E-state index in [0.29, 0.717) is 4.64 Å². The molecule has 0 fully saturated rings. The number of aryl methyl sites for hydroxylation is 1. The van der Waals surface area contributed by atoms with Crippen LogP contribution < -0.4 is 0 Å². The Hall–Kier alpha value is -1.55. The third-order valence-corrected chi connectivity index (χ3v) is 2.38. The molecule has 4 heteroatoms. The van der Waals surface area contributed by atoms with Gasteiger partial charge in [-0.1, -0.05) is 12.2 Å². The first-order valence-electron chi connectivity index (χ1n) is 4.48. The number of nitrogens with zero attached hydrogens (tertiary/aromatic N) is 1. The molecule has 0 saturated carbocycles. The summed E-state index contributed by atoms with van der Waals surface area (Å²) < 4.78 is 13.4. The van der Waals surface area contributed by atoms with Crippen molar-refractivity contribution in [3.8, 4) is 11.3 Å². The SMILES string of the molecule is Cc1cc(F)ccc1-c1cc(=S)nc[nH]1. The maximum atomic E-state index is 12.9. The van der Waals surface area contributed by atoms with Crippen molar-refractivity contribution < 1.29 is 4.39 Å². The molecule has 0 saturated heterocycles. The molecule has 0 bridgehead atoms. The molecule has 0 aliphatic carbocycles. The molecule has 2 rings (SSSR count). The fourth-order valence-electron chi connectivity index (χ4n) is 1.45. The van der Waals surface area contributed by atoms with Gasteiger partial charge in [-0.15, -0.1) is 0 Å². The van der Waals surface area contributed by atoms with Gasteiger partial charge in [0.15, 0.2) is 0 Å². The molecule has 0 spiro atoms. The van der Waals surface area contributed by atoms with Crippen LogP contribution in [0.2, 0.25) is 0 Å². The number of hydrogen-bond acceptors (Lipinski definition) is 2. The van der Waals surface area contributed by atoms with Crippen molar-refractivity contribution in [1.29, 1.82) is 0 Å². The zero-order valence-electron chi connectivity index (χ0n) is 8.12. The molecule has 2 aromatic rings. The van der Waals surface area contributed by atoms with E-state index in [4.69, 9.17) is 12.2 Å². The molecule has 2 nitrogen and oxygen atoms in total. The highest BCUT2D eigenvalue weighted by Gasteiger charge is 2.02. The summed E-state index contributed by atoms with van der Waals surface area (Å²) in [4.78, 5) is 6.88. The highest BCUT2D eigenvalue weighted by molar-refractivity contribution is 7.71. The predicted octanol–water partition coefficient (Wildman–Crippen LogP) is 3.25. The molecule has 0 unspecified atom stereocenters. The van der Waals surface area contributed by atoms with Crippen LogP contribution in [0.25, 0.3) is 11.3 Å². The molecule has 15 heavy (non-hydrogen) atoms. The maximum Gasteiger partial charge on any atom is 0.130 e. The highest BCUT2D eigenvalue weighted by Crippen LogP contribution is 2.21. The van der Waals surface area contributed by atoms with Crippen LogP contribution in [0.4, 0.5) is 4.39 Å². The van der Waals surface area contributed by atoms with E-state index in [2.05, 4.69) is 9.97 Å². The fraction of sp³-hybridized carbons (Fsp3) is 0.0909. The Kier molecular flexibility index (Phi) is 2.60. The fourth-order valence-corrected chi connectivity index (χ4v) is 1.62. The van der Waals surface area contributed by atoms with Gasteiger partial charge in [0.25, 0.3) is 0 Å². The number of benzene rings is 1. The smallest absolute Gasteiger partial charge is 0.130 e. The van der Waals surface area contributed by atoms with Crippen molar-refractivity contribution in [2.75, 3.05) is 0 Å². The lowest BCUT2D eigenvalue weighted by Gasteiger charge is -2.05. The number of rotatable bonds is 1. The number of hydrogen-bond donors (Lipinski definition) is 1. The summed E-state index contributed by atoms with van der Waals surface area (Å²) in [6, 6.07) is 6.41. The van der Waals surface area contributed by atoms with Gasteiger partial charge in [0.05, 0.1) is 6.33 Å². The Morgan fingerprint density at radius 2 is 2.13 bits per heavy atom. The van der Waals surface area contributed by atoms with Crippen LogP contribution in [0.1, 0.15) is 5.56 Å². The van der Waals surface area contributed by atoms with E-state index in [9.17, 15) is 4.39 Å². The lowest BCUT2D eigenvalue weighted by molar-refractivity contribution is 0.627. The first kappa shape index (κ1) is 9.98. The van der Waals surface area contributed by atoms with Crippen LogP contribution in [0, 0.1) is 17.4 Å². The van der Waals surface area contributed by atoms with E-state index in [1.807, 2.05) is 6.92 Å². The predicted molar refractivity (Wildman–Crippen MR) is 59.6 cm³/mol. The van der Waals surface area contributed by atoms with Crippen molar-refractivity contribution in [2.24, 2.45) is 0 Å². The van der Waals surface area contributed by atoms with E-state index in [0.717, 1.165) is 16.8 Å². The van der Waals surface area contributed by atoms with Gasteiger partial charge in [0.1, 0.15) is 10.5 Å². The normalized spacial score (nSPS) is 10.3. The van der Waals surface area contributed by atoms with Crippen LogP contribution in [0.15, 0.2) is 30.6 Å².